The number of rotatable bonds is 8. The van der Waals surface area contributed by atoms with Gasteiger partial charge in [-0.15, -0.1) is 0 Å². The van der Waals surface area contributed by atoms with Crippen molar-refractivity contribution in [2.45, 2.75) is 32.6 Å². The molecule has 7 heteroatoms. The molecule has 30 heavy (non-hydrogen) atoms. The Hall–Kier alpha value is -2.70. The van der Waals surface area contributed by atoms with E-state index in [-0.39, 0.29) is 10.7 Å². The van der Waals surface area contributed by atoms with Gasteiger partial charge in [0.15, 0.2) is 5.11 Å². The Kier molecular flexibility index (Phi) is 7.60. The zero-order valence-electron chi connectivity index (χ0n) is 16.7. The summed E-state index contributed by atoms with van der Waals surface area (Å²) in [6, 6.07) is 14.1. The van der Waals surface area contributed by atoms with E-state index in [1.165, 1.54) is 11.0 Å². The Morgan fingerprint density at radius 1 is 1.10 bits per heavy atom. The molecule has 1 N–H and O–H groups in total. The van der Waals surface area contributed by atoms with Gasteiger partial charge >= 0.3 is 0 Å². The quantitative estimate of drug-likeness (QED) is 0.266. The maximum atomic E-state index is 13.1. The van der Waals surface area contributed by atoms with Gasteiger partial charge in [0.25, 0.3) is 11.8 Å². The lowest BCUT2D eigenvalue weighted by atomic mass is 10.1. The van der Waals surface area contributed by atoms with Crippen molar-refractivity contribution in [3.05, 3.63) is 64.7 Å². The summed E-state index contributed by atoms with van der Waals surface area (Å²) in [5.41, 5.74) is 1.11. The molecular formula is C23H23ClN2O3S. The third kappa shape index (κ3) is 5.26. The Bertz CT molecular complexity index is 976. The molecule has 5 nitrogen and oxygen atoms in total. The number of carbonyl (C=O) groups excluding carboxylic acids is 2. The smallest absolute Gasteiger partial charge is 0.270 e. The summed E-state index contributed by atoms with van der Waals surface area (Å²) >= 11 is 11.4. The number of halogens is 1. The molecule has 3 rings (SSSR count). The molecule has 0 bridgehead atoms. The van der Waals surface area contributed by atoms with Crippen LogP contribution in [0.15, 0.2) is 54.1 Å². The minimum Gasteiger partial charge on any atom is -0.493 e. The molecule has 1 fully saturated rings. The lowest BCUT2D eigenvalue weighted by Gasteiger charge is -2.29. The van der Waals surface area contributed by atoms with E-state index < -0.39 is 11.8 Å². The van der Waals surface area contributed by atoms with Crippen LogP contribution in [0.4, 0.5) is 5.69 Å². The van der Waals surface area contributed by atoms with Crippen LogP contribution in [0, 0.1) is 0 Å². The van der Waals surface area contributed by atoms with E-state index in [0.717, 1.165) is 25.7 Å². The SMILES string of the molecule is CCCCCCOc1ccc(Cl)cc1/C=C1/C(=O)NC(=S)N(c2ccccc2)C1=O. The first-order chi connectivity index (χ1) is 14.5. The number of thiocarbonyl (C=S) groups is 1. The van der Waals surface area contributed by atoms with Crippen LogP contribution < -0.4 is 15.0 Å². The zero-order valence-corrected chi connectivity index (χ0v) is 18.3. The van der Waals surface area contributed by atoms with Crippen LogP contribution in [0.5, 0.6) is 5.75 Å². The summed E-state index contributed by atoms with van der Waals surface area (Å²) in [6.07, 6.45) is 5.83. The highest BCUT2D eigenvalue weighted by Gasteiger charge is 2.34. The van der Waals surface area contributed by atoms with Gasteiger partial charge in [-0.05, 0) is 55.0 Å². The number of anilines is 1. The van der Waals surface area contributed by atoms with E-state index in [1.807, 2.05) is 6.07 Å². The first-order valence-corrected chi connectivity index (χ1v) is 10.7. The lowest BCUT2D eigenvalue weighted by molar-refractivity contribution is -0.122. The van der Waals surface area contributed by atoms with Crippen LogP contribution in [-0.4, -0.2) is 23.5 Å². The van der Waals surface area contributed by atoms with Crippen molar-refractivity contribution in [1.82, 2.24) is 5.32 Å². The number of hydrogen-bond donors (Lipinski definition) is 1. The first-order valence-electron chi connectivity index (χ1n) is 9.90. The maximum Gasteiger partial charge on any atom is 0.270 e. The van der Waals surface area contributed by atoms with Gasteiger partial charge in [-0.3, -0.25) is 19.8 Å². The second-order valence-corrected chi connectivity index (χ2v) is 7.71. The molecule has 1 saturated heterocycles. The van der Waals surface area contributed by atoms with E-state index in [2.05, 4.69) is 12.2 Å². The normalized spacial score (nSPS) is 15.5. The van der Waals surface area contributed by atoms with Gasteiger partial charge in [-0.1, -0.05) is 56.0 Å². The average Bonchev–Trinajstić information content (AvgIpc) is 2.73. The zero-order chi connectivity index (χ0) is 21.5. The number of para-hydroxylation sites is 1. The summed E-state index contributed by atoms with van der Waals surface area (Å²) in [4.78, 5) is 27.0. The molecule has 0 atom stereocenters. The Balaban J connectivity index is 1.89. The van der Waals surface area contributed by atoms with E-state index >= 15 is 0 Å². The second kappa shape index (κ2) is 10.4. The number of carbonyl (C=O) groups is 2. The predicted octanol–water partition coefficient (Wildman–Crippen LogP) is 5.13. The minimum atomic E-state index is -0.550. The Labute approximate surface area is 186 Å². The van der Waals surface area contributed by atoms with Gasteiger partial charge in [0.2, 0.25) is 0 Å². The number of unbranched alkanes of at least 4 members (excludes halogenated alkanes) is 3. The van der Waals surface area contributed by atoms with Gasteiger partial charge < -0.3 is 4.74 Å². The fourth-order valence-electron chi connectivity index (χ4n) is 3.10. The van der Waals surface area contributed by atoms with Crippen LogP contribution in [0.25, 0.3) is 6.08 Å². The lowest BCUT2D eigenvalue weighted by Crippen LogP contribution is -2.54. The third-order valence-electron chi connectivity index (χ3n) is 4.64. The van der Waals surface area contributed by atoms with Crippen molar-refractivity contribution >= 4 is 52.5 Å². The summed E-state index contributed by atoms with van der Waals surface area (Å²) in [5.74, 6) is -0.474. The fourth-order valence-corrected chi connectivity index (χ4v) is 3.56. The number of benzene rings is 2. The molecule has 0 radical (unpaired) electrons. The molecule has 2 aromatic carbocycles. The summed E-state index contributed by atoms with van der Waals surface area (Å²) in [5, 5.41) is 3.12. The van der Waals surface area contributed by atoms with E-state index in [9.17, 15) is 9.59 Å². The summed E-state index contributed by atoms with van der Waals surface area (Å²) < 4.78 is 5.90. The van der Waals surface area contributed by atoms with Gasteiger partial charge in [0.1, 0.15) is 11.3 Å². The van der Waals surface area contributed by atoms with Crippen molar-refractivity contribution < 1.29 is 14.3 Å². The minimum absolute atomic E-state index is 0.0365. The molecule has 2 aromatic rings. The van der Waals surface area contributed by atoms with Gasteiger partial charge in [-0.2, -0.15) is 0 Å². The fraction of sp³-hybridized carbons (Fsp3) is 0.261. The highest BCUT2D eigenvalue weighted by molar-refractivity contribution is 7.80. The van der Waals surface area contributed by atoms with Gasteiger partial charge in [0.05, 0.1) is 12.3 Å². The molecule has 0 spiro atoms. The molecular weight excluding hydrogens is 420 g/mol. The molecule has 0 aliphatic carbocycles. The molecule has 0 unspecified atom stereocenters. The van der Waals surface area contributed by atoms with Crippen LogP contribution in [0.2, 0.25) is 5.02 Å². The summed E-state index contributed by atoms with van der Waals surface area (Å²) in [6.45, 7) is 2.71. The Morgan fingerprint density at radius 3 is 2.60 bits per heavy atom. The highest BCUT2D eigenvalue weighted by Crippen LogP contribution is 2.28. The van der Waals surface area contributed by atoms with Crippen molar-refractivity contribution in [3.8, 4) is 5.75 Å². The number of ether oxygens (including phenoxy) is 1. The van der Waals surface area contributed by atoms with Crippen molar-refractivity contribution in [1.29, 1.82) is 0 Å². The number of amides is 2. The number of nitrogens with zero attached hydrogens (tertiary/aromatic N) is 1. The molecule has 156 valence electrons. The summed E-state index contributed by atoms with van der Waals surface area (Å²) in [7, 11) is 0. The van der Waals surface area contributed by atoms with Crippen molar-refractivity contribution in [3.63, 3.8) is 0 Å². The number of hydrogen-bond acceptors (Lipinski definition) is 4. The van der Waals surface area contributed by atoms with Crippen LogP contribution in [0.3, 0.4) is 0 Å². The van der Waals surface area contributed by atoms with Gasteiger partial charge in [0, 0.05) is 10.6 Å². The predicted molar refractivity (Wildman–Crippen MR) is 124 cm³/mol. The van der Waals surface area contributed by atoms with E-state index in [4.69, 9.17) is 28.6 Å². The monoisotopic (exact) mass is 442 g/mol. The second-order valence-electron chi connectivity index (χ2n) is 6.88. The first kappa shape index (κ1) is 22.0. The van der Waals surface area contributed by atoms with Crippen molar-refractivity contribution in [2.24, 2.45) is 0 Å². The highest BCUT2D eigenvalue weighted by atomic mass is 35.5. The van der Waals surface area contributed by atoms with Crippen molar-refractivity contribution in [2.75, 3.05) is 11.5 Å². The largest absolute Gasteiger partial charge is 0.493 e. The molecule has 1 aliphatic heterocycles. The molecule has 1 heterocycles. The Morgan fingerprint density at radius 2 is 1.87 bits per heavy atom. The standard InChI is InChI=1S/C23H23ClN2O3S/c1-2-3-4-8-13-29-20-12-11-17(24)14-16(20)15-19-21(27)25-23(30)26(22(19)28)18-9-6-5-7-10-18/h5-7,9-12,14-15H,2-4,8,13H2,1H3,(H,25,27,30)/b19-15-. The van der Waals surface area contributed by atoms with Crippen LogP contribution in [-0.2, 0) is 9.59 Å². The number of nitrogens with one attached hydrogen (secondary N) is 1. The third-order valence-corrected chi connectivity index (χ3v) is 5.16. The van der Waals surface area contributed by atoms with Crippen LogP contribution in [0.1, 0.15) is 38.2 Å². The molecule has 1 aliphatic rings. The van der Waals surface area contributed by atoms with Crippen LogP contribution >= 0.6 is 23.8 Å². The molecule has 0 aromatic heterocycles. The molecule has 2 amide bonds. The topological polar surface area (TPSA) is 58.6 Å². The van der Waals surface area contributed by atoms with Gasteiger partial charge in [-0.25, -0.2) is 0 Å². The maximum absolute atomic E-state index is 13.1. The van der Waals surface area contributed by atoms with E-state index in [1.54, 1.807) is 42.5 Å². The molecule has 0 saturated carbocycles. The van der Waals surface area contributed by atoms with E-state index in [0.29, 0.717) is 28.6 Å². The average molecular weight is 443 g/mol.